The van der Waals surface area contributed by atoms with Crippen molar-refractivity contribution in [1.82, 2.24) is 0 Å². The number of benzene rings is 1. The maximum Gasteiger partial charge on any atom is 0.320 e. The van der Waals surface area contributed by atoms with Crippen LogP contribution in [0.25, 0.3) is 0 Å². The van der Waals surface area contributed by atoms with Gasteiger partial charge in [-0.1, -0.05) is 18.2 Å². The second-order valence-corrected chi connectivity index (χ2v) is 4.29. The Balaban J connectivity index is 1.94. The van der Waals surface area contributed by atoms with Crippen molar-refractivity contribution in [3.63, 3.8) is 0 Å². The molecular weight excluding hydrogens is 224 g/mol. The zero-order chi connectivity index (χ0) is 12.0. The molecule has 1 fully saturated rings. The van der Waals surface area contributed by atoms with Crippen LogP contribution < -0.4 is 11.1 Å². The molecular formula is C11H12N2O4. The van der Waals surface area contributed by atoms with Crippen LogP contribution in [0.4, 0.5) is 5.69 Å². The van der Waals surface area contributed by atoms with E-state index in [2.05, 4.69) is 5.32 Å². The normalized spacial score (nSPS) is 30.8. The Hall–Kier alpha value is -1.63. The van der Waals surface area contributed by atoms with Gasteiger partial charge in [0.25, 0.3) is 0 Å². The molecule has 2 heterocycles. The fourth-order valence-corrected chi connectivity index (χ4v) is 2.32. The first-order valence-electron chi connectivity index (χ1n) is 5.32. The Morgan fingerprint density at radius 2 is 2.35 bits per heavy atom. The minimum absolute atomic E-state index is 0.178. The van der Waals surface area contributed by atoms with Crippen LogP contribution in [0, 0.1) is 0 Å². The number of nitrogens with one attached hydrogen (secondary N) is 1. The van der Waals surface area contributed by atoms with Crippen molar-refractivity contribution in [2.45, 2.75) is 24.3 Å². The second kappa shape index (κ2) is 3.43. The average Bonchev–Trinajstić information content (AvgIpc) is 2.51. The van der Waals surface area contributed by atoms with Crippen LogP contribution in [0.3, 0.4) is 0 Å². The molecule has 1 unspecified atom stereocenters. The summed E-state index contributed by atoms with van der Waals surface area (Å²) in [6.45, 7) is 0. The Morgan fingerprint density at radius 3 is 3.00 bits per heavy atom. The number of nitrogens with two attached hydrogens (primary N) is 1. The van der Waals surface area contributed by atoms with Crippen molar-refractivity contribution >= 4 is 11.7 Å². The number of hydrogen-bond donors (Lipinski definition) is 3. The molecule has 1 aromatic rings. The summed E-state index contributed by atoms with van der Waals surface area (Å²) in [5.74, 6) is -1.04. The number of para-hydroxylation sites is 1. The highest BCUT2D eigenvalue weighted by atomic mass is 17.3. The molecule has 3 rings (SSSR count). The zero-order valence-electron chi connectivity index (χ0n) is 8.92. The van der Waals surface area contributed by atoms with Gasteiger partial charge in [0.05, 0.1) is 0 Å². The summed E-state index contributed by atoms with van der Waals surface area (Å²) in [5, 5.41) is 12.0. The molecule has 17 heavy (non-hydrogen) atoms. The van der Waals surface area contributed by atoms with Crippen LogP contribution in [-0.4, -0.2) is 23.3 Å². The summed E-state index contributed by atoms with van der Waals surface area (Å²) >= 11 is 0. The van der Waals surface area contributed by atoms with Gasteiger partial charge >= 0.3 is 5.97 Å². The minimum atomic E-state index is -1.04. The molecule has 0 spiro atoms. The van der Waals surface area contributed by atoms with Crippen molar-refractivity contribution in [2.75, 3.05) is 5.32 Å². The molecule has 0 aliphatic carbocycles. The molecule has 4 N–H and O–H groups in total. The van der Waals surface area contributed by atoms with Gasteiger partial charge in [0.1, 0.15) is 6.04 Å². The lowest BCUT2D eigenvalue weighted by atomic mass is 9.87. The summed E-state index contributed by atoms with van der Waals surface area (Å²) < 4.78 is 0. The van der Waals surface area contributed by atoms with E-state index in [9.17, 15) is 4.79 Å². The number of carbonyl (C=O) groups is 1. The maximum absolute atomic E-state index is 10.8. The van der Waals surface area contributed by atoms with Crippen molar-refractivity contribution in [3.05, 3.63) is 29.8 Å². The van der Waals surface area contributed by atoms with E-state index in [0.29, 0.717) is 0 Å². The van der Waals surface area contributed by atoms with Gasteiger partial charge in [-0.3, -0.25) is 4.79 Å². The molecule has 2 aliphatic rings. The van der Waals surface area contributed by atoms with Crippen molar-refractivity contribution < 1.29 is 19.7 Å². The summed E-state index contributed by atoms with van der Waals surface area (Å²) in [6, 6.07) is 6.57. The molecule has 0 bridgehead atoms. The van der Waals surface area contributed by atoms with Crippen molar-refractivity contribution in [3.8, 4) is 0 Å². The fraction of sp³-hybridized carbons (Fsp3) is 0.364. The van der Waals surface area contributed by atoms with E-state index in [1.165, 1.54) is 0 Å². The van der Waals surface area contributed by atoms with Crippen LogP contribution in [0.5, 0.6) is 0 Å². The smallest absolute Gasteiger partial charge is 0.320 e. The number of anilines is 1. The second-order valence-electron chi connectivity index (χ2n) is 4.29. The summed E-state index contributed by atoms with van der Waals surface area (Å²) in [6.07, 6.45) is -0.179. The van der Waals surface area contributed by atoms with Crippen LogP contribution >= 0.6 is 0 Å². The lowest BCUT2D eigenvalue weighted by molar-refractivity contribution is -0.509. The van der Waals surface area contributed by atoms with Crippen molar-refractivity contribution in [2.24, 2.45) is 5.73 Å². The zero-order valence-corrected chi connectivity index (χ0v) is 8.92. The van der Waals surface area contributed by atoms with Gasteiger partial charge in [-0.15, -0.1) is 0 Å². The number of rotatable bonds is 3. The molecule has 6 heteroatoms. The lowest BCUT2D eigenvalue weighted by Gasteiger charge is -2.42. The Morgan fingerprint density at radius 1 is 1.59 bits per heavy atom. The van der Waals surface area contributed by atoms with Gasteiger partial charge in [-0.05, 0) is 6.07 Å². The number of carboxylic acids is 1. The monoisotopic (exact) mass is 236 g/mol. The first kappa shape index (κ1) is 10.5. The number of aliphatic carboxylic acids is 1. The van der Waals surface area contributed by atoms with E-state index in [1.54, 1.807) is 0 Å². The molecule has 90 valence electrons. The maximum atomic E-state index is 10.8. The first-order valence-corrected chi connectivity index (χ1v) is 5.32. The highest BCUT2D eigenvalue weighted by Crippen LogP contribution is 2.51. The van der Waals surface area contributed by atoms with Gasteiger partial charge in [0.2, 0.25) is 0 Å². The van der Waals surface area contributed by atoms with Gasteiger partial charge in [0, 0.05) is 17.7 Å². The molecule has 1 saturated heterocycles. The van der Waals surface area contributed by atoms with Gasteiger partial charge < -0.3 is 16.2 Å². The molecule has 0 radical (unpaired) electrons. The van der Waals surface area contributed by atoms with Crippen molar-refractivity contribution in [1.29, 1.82) is 0 Å². The molecule has 6 nitrogen and oxygen atoms in total. The topological polar surface area (TPSA) is 93.8 Å². The van der Waals surface area contributed by atoms with E-state index in [1.807, 2.05) is 24.3 Å². The van der Waals surface area contributed by atoms with Crippen LogP contribution in [0.2, 0.25) is 0 Å². The third-order valence-corrected chi connectivity index (χ3v) is 3.23. The van der Waals surface area contributed by atoms with E-state index in [0.717, 1.165) is 11.3 Å². The average molecular weight is 236 g/mol. The number of carboxylic acid groups (broad SMARTS) is 1. The standard InChI is InChI=1S/C11H12N2O4/c12-7(9(14)15)5-11-6-3-1-2-4-8(6)13-10(11)16-17-11/h1-4,7,10,13H,5,12H2,(H,14,15)/t7-,10?,11-/m0/s1. The molecule has 0 aromatic heterocycles. The van der Waals surface area contributed by atoms with Crippen LogP contribution in [-0.2, 0) is 20.2 Å². The van der Waals surface area contributed by atoms with Gasteiger partial charge in [0.15, 0.2) is 11.8 Å². The highest BCUT2D eigenvalue weighted by Gasteiger charge is 2.59. The Labute approximate surface area is 97.2 Å². The Kier molecular flexibility index (Phi) is 2.12. The first-order chi connectivity index (χ1) is 8.13. The van der Waals surface area contributed by atoms with Crippen LogP contribution in [0.1, 0.15) is 12.0 Å². The number of fused-ring (bicyclic) bond motifs is 3. The molecule has 0 amide bonds. The Bertz CT molecular complexity index is 478. The summed E-state index contributed by atoms with van der Waals surface area (Å²) in [5.41, 5.74) is 6.59. The third kappa shape index (κ3) is 1.35. The van der Waals surface area contributed by atoms with Gasteiger partial charge in [-0.2, -0.15) is 0 Å². The molecule has 2 aliphatic heterocycles. The van der Waals surface area contributed by atoms with Crippen LogP contribution in [0.15, 0.2) is 24.3 Å². The SMILES string of the molecule is N[C@@H](C[C@@]12OOC1Nc1ccccc12)C(=O)O. The van der Waals surface area contributed by atoms with E-state index < -0.39 is 17.6 Å². The minimum Gasteiger partial charge on any atom is -0.480 e. The largest absolute Gasteiger partial charge is 0.480 e. The molecule has 0 saturated carbocycles. The molecule has 1 aromatic carbocycles. The third-order valence-electron chi connectivity index (χ3n) is 3.23. The predicted octanol–water partition coefficient (Wildman–Crippen LogP) is 0.397. The van der Waals surface area contributed by atoms with E-state index >= 15 is 0 Å². The summed E-state index contributed by atoms with van der Waals surface area (Å²) in [4.78, 5) is 21.0. The fourth-order valence-electron chi connectivity index (χ4n) is 2.32. The quantitative estimate of drug-likeness (QED) is 0.657. The highest BCUT2D eigenvalue weighted by molar-refractivity contribution is 5.74. The van der Waals surface area contributed by atoms with Gasteiger partial charge in [-0.25, -0.2) is 9.78 Å². The lowest BCUT2D eigenvalue weighted by Crippen LogP contribution is -2.56. The summed E-state index contributed by atoms with van der Waals surface area (Å²) in [7, 11) is 0. The van der Waals surface area contributed by atoms with E-state index in [4.69, 9.17) is 20.6 Å². The van der Waals surface area contributed by atoms with E-state index in [-0.39, 0.29) is 12.6 Å². The number of hydrogen-bond acceptors (Lipinski definition) is 5. The predicted molar refractivity (Wildman–Crippen MR) is 57.9 cm³/mol. The molecule has 3 atom stereocenters.